The molecule has 2 N–H and O–H groups in total. The van der Waals surface area contributed by atoms with Gasteiger partial charge in [-0.3, -0.25) is 4.79 Å². The van der Waals surface area contributed by atoms with E-state index >= 15 is 0 Å². The molecule has 2 heterocycles. The Morgan fingerprint density at radius 1 is 1.14 bits per heavy atom. The number of carbonyl (C=O) groups excluding carboxylic acids is 1. The molecular weight excluding hydrogens is 372 g/mol. The van der Waals surface area contributed by atoms with Gasteiger partial charge in [-0.25, -0.2) is 9.97 Å². The van der Waals surface area contributed by atoms with Crippen LogP contribution in [0.15, 0.2) is 48.5 Å². The zero-order valence-corrected chi connectivity index (χ0v) is 16.5. The number of hydrogen-bond donors (Lipinski definition) is 2. The summed E-state index contributed by atoms with van der Waals surface area (Å²) >= 11 is 1.40. The highest BCUT2D eigenvalue weighted by molar-refractivity contribution is 7.17. The first-order valence-electron chi connectivity index (χ1n) is 8.97. The number of H-pyrrole nitrogens is 1. The monoisotopic (exact) mass is 392 g/mol. The van der Waals surface area contributed by atoms with Crippen LogP contribution in [0.1, 0.15) is 21.2 Å². The molecule has 0 radical (unpaired) electrons. The zero-order chi connectivity index (χ0) is 19.5. The predicted molar refractivity (Wildman–Crippen MR) is 111 cm³/mol. The van der Waals surface area contributed by atoms with Gasteiger partial charge in [-0.2, -0.15) is 0 Å². The number of carbonyl (C=O) groups is 1. The predicted octanol–water partition coefficient (Wildman–Crippen LogP) is 3.98. The van der Waals surface area contributed by atoms with Gasteiger partial charge in [0.1, 0.15) is 21.5 Å². The Kier molecular flexibility index (Phi) is 5.08. The molecule has 0 bridgehead atoms. The topological polar surface area (TPSA) is 79.9 Å². The van der Waals surface area contributed by atoms with Crippen molar-refractivity contribution in [1.82, 2.24) is 20.3 Å². The van der Waals surface area contributed by atoms with Gasteiger partial charge in [0.15, 0.2) is 0 Å². The molecule has 7 heteroatoms. The Morgan fingerprint density at radius 3 is 2.68 bits per heavy atom. The number of thiazole rings is 1. The van der Waals surface area contributed by atoms with Crippen LogP contribution >= 0.6 is 11.3 Å². The highest BCUT2D eigenvalue weighted by Gasteiger charge is 2.16. The Morgan fingerprint density at radius 2 is 1.93 bits per heavy atom. The van der Waals surface area contributed by atoms with Crippen LogP contribution in [-0.4, -0.2) is 34.5 Å². The molecule has 0 aliphatic rings. The third-order valence-electron chi connectivity index (χ3n) is 4.43. The molecule has 4 rings (SSSR count). The van der Waals surface area contributed by atoms with E-state index in [2.05, 4.69) is 20.3 Å². The van der Waals surface area contributed by atoms with Crippen LogP contribution in [0, 0.1) is 6.92 Å². The van der Waals surface area contributed by atoms with Crippen molar-refractivity contribution in [1.29, 1.82) is 0 Å². The minimum atomic E-state index is -0.106. The molecule has 0 saturated carbocycles. The second-order valence-corrected chi connectivity index (χ2v) is 7.37. The largest absolute Gasteiger partial charge is 0.497 e. The van der Waals surface area contributed by atoms with Crippen LogP contribution in [0.4, 0.5) is 0 Å². The molecule has 142 valence electrons. The molecule has 0 atom stereocenters. The fraction of sp³-hybridized carbons (Fsp3) is 0.190. The third kappa shape index (κ3) is 3.75. The molecule has 0 saturated heterocycles. The van der Waals surface area contributed by atoms with Crippen molar-refractivity contribution in [3.05, 3.63) is 64.9 Å². The number of ether oxygens (including phenoxy) is 1. The van der Waals surface area contributed by atoms with Crippen molar-refractivity contribution in [3.8, 4) is 16.3 Å². The average molecular weight is 392 g/mol. The molecule has 0 aliphatic carbocycles. The Hall–Kier alpha value is -3.19. The van der Waals surface area contributed by atoms with Gasteiger partial charge in [-0.15, -0.1) is 11.3 Å². The van der Waals surface area contributed by atoms with E-state index in [1.807, 2.05) is 55.5 Å². The summed E-state index contributed by atoms with van der Waals surface area (Å²) in [7, 11) is 1.64. The summed E-state index contributed by atoms with van der Waals surface area (Å²) in [6.07, 6.45) is 0.642. The van der Waals surface area contributed by atoms with Gasteiger partial charge in [-0.05, 0) is 43.3 Å². The molecular formula is C21H20N4O2S. The number of fused-ring (bicyclic) bond motifs is 1. The molecule has 2 aromatic carbocycles. The number of imidazole rings is 1. The van der Waals surface area contributed by atoms with E-state index < -0.39 is 0 Å². The number of aromatic amines is 1. The molecule has 2 aromatic heterocycles. The van der Waals surface area contributed by atoms with E-state index in [4.69, 9.17) is 4.74 Å². The van der Waals surface area contributed by atoms with Crippen molar-refractivity contribution in [2.45, 2.75) is 13.3 Å². The van der Waals surface area contributed by atoms with Gasteiger partial charge in [0.2, 0.25) is 0 Å². The number of nitrogens with zero attached hydrogens (tertiary/aromatic N) is 2. The van der Waals surface area contributed by atoms with Gasteiger partial charge >= 0.3 is 0 Å². The van der Waals surface area contributed by atoms with Gasteiger partial charge in [0, 0.05) is 18.5 Å². The molecule has 0 aliphatic heterocycles. The molecule has 6 nitrogen and oxygen atoms in total. The van der Waals surface area contributed by atoms with E-state index in [1.165, 1.54) is 11.3 Å². The lowest BCUT2D eigenvalue weighted by molar-refractivity contribution is 0.0957. The minimum Gasteiger partial charge on any atom is -0.497 e. The van der Waals surface area contributed by atoms with Gasteiger partial charge < -0.3 is 15.0 Å². The summed E-state index contributed by atoms with van der Waals surface area (Å²) in [5.74, 6) is 1.55. The Balaban J connectivity index is 1.40. The number of aryl methyl sites for hydroxylation is 1. The van der Waals surface area contributed by atoms with Gasteiger partial charge in [0.05, 0.1) is 23.8 Å². The van der Waals surface area contributed by atoms with Gasteiger partial charge in [-0.1, -0.05) is 12.1 Å². The van der Waals surface area contributed by atoms with Crippen molar-refractivity contribution in [3.63, 3.8) is 0 Å². The minimum absolute atomic E-state index is 0.106. The van der Waals surface area contributed by atoms with E-state index in [0.717, 1.165) is 38.9 Å². The zero-order valence-electron chi connectivity index (χ0n) is 15.7. The van der Waals surface area contributed by atoms with Crippen LogP contribution in [0.5, 0.6) is 5.75 Å². The first kappa shape index (κ1) is 18.2. The van der Waals surface area contributed by atoms with Crippen LogP contribution in [0.25, 0.3) is 21.6 Å². The second kappa shape index (κ2) is 7.82. The Labute approximate surface area is 166 Å². The lowest BCUT2D eigenvalue weighted by Gasteiger charge is -2.02. The first-order chi connectivity index (χ1) is 13.6. The van der Waals surface area contributed by atoms with Crippen molar-refractivity contribution >= 4 is 28.3 Å². The average Bonchev–Trinajstić information content (AvgIpc) is 3.31. The van der Waals surface area contributed by atoms with E-state index in [9.17, 15) is 4.79 Å². The smallest absolute Gasteiger partial charge is 0.263 e. The molecule has 1 amide bonds. The van der Waals surface area contributed by atoms with E-state index in [0.29, 0.717) is 17.8 Å². The highest BCUT2D eigenvalue weighted by atomic mass is 32.1. The van der Waals surface area contributed by atoms with E-state index in [1.54, 1.807) is 7.11 Å². The summed E-state index contributed by atoms with van der Waals surface area (Å²) in [4.78, 5) is 25.6. The SMILES string of the molecule is COc1ccc(-c2nc(C)c(C(=O)NCCc3nc4ccccc4[nH]3)s2)cc1. The lowest BCUT2D eigenvalue weighted by atomic mass is 10.2. The molecule has 28 heavy (non-hydrogen) atoms. The number of methoxy groups -OCH3 is 1. The van der Waals surface area contributed by atoms with Crippen LogP contribution in [-0.2, 0) is 6.42 Å². The maximum Gasteiger partial charge on any atom is 0.263 e. The molecule has 0 fully saturated rings. The fourth-order valence-electron chi connectivity index (χ4n) is 2.96. The number of para-hydroxylation sites is 2. The summed E-state index contributed by atoms with van der Waals surface area (Å²) in [5, 5.41) is 3.79. The maximum absolute atomic E-state index is 12.6. The third-order valence-corrected chi connectivity index (χ3v) is 5.63. The first-order valence-corrected chi connectivity index (χ1v) is 9.79. The highest BCUT2D eigenvalue weighted by Crippen LogP contribution is 2.29. The second-order valence-electron chi connectivity index (χ2n) is 6.37. The molecule has 4 aromatic rings. The van der Waals surface area contributed by atoms with Crippen LogP contribution < -0.4 is 10.1 Å². The number of rotatable bonds is 6. The number of amides is 1. The number of hydrogen-bond acceptors (Lipinski definition) is 5. The van der Waals surface area contributed by atoms with Gasteiger partial charge in [0.25, 0.3) is 5.91 Å². The summed E-state index contributed by atoms with van der Waals surface area (Å²) in [6, 6.07) is 15.6. The van der Waals surface area contributed by atoms with Crippen molar-refractivity contribution < 1.29 is 9.53 Å². The van der Waals surface area contributed by atoms with Crippen LogP contribution in [0.3, 0.4) is 0 Å². The maximum atomic E-state index is 12.6. The molecule has 0 unspecified atom stereocenters. The summed E-state index contributed by atoms with van der Waals surface area (Å²) in [6.45, 7) is 2.37. The van der Waals surface area contributed by atoms with E-state index in [-0.39, 0.29) is 5.91 Å². The number of nitrogens with one attached hydrogen (secondary N) is 2. The normalized spacial score (nSPS) is 10.9. The summed E-state index contributed by atoms with van der Waals surface area (Å²) in [5.41, 5.74) is 3.64. The summed E-state index contributed by atoms with van der Waals surface area (Å²) < 4.78 is 5.18. The van der Waals surface area contributed by atoms with Crippen molar-refractivity contribution in [2.75, 3.05) is 13.7 Å². The lowest BCUT2D eigenvalue weighted by Crippen LogP contribution is -2.25. The number of aromatic nitrogens is 3. The van der Waals surface area contributed by atoms with Crippen LogP contribution in [0.2, 0.25) is 0 Å². The van der Waals surface area contributed by atoms with Crippen molar-refractivity contribution in [2.24, 2.45) is 0 Å². The fourth-order valence-corrected chi connectivity index (χ4v) is 3.95. The Bertz CT molecular complexity index is 1080. The standard InChI is InChI=1S/C21H20N4O2S/c1-13-19(28-21(23-13)14-7-9-15(27-2)10-8-14)20(26)22-12-11-18-24-16-5-3-4-6-17(16)25-18/h3-10H,11-12H2,1-2H3,(H,22,26)(H,24,25). The number of benzene rings is 2. The molecule has 0 spiro atoms. The quantitative estimate of drug-likeness (QED) is 0.520.